The number of hydrogen-bond donors (Lipinski definition) is 2. The Labute approximate surface area is 105 Å². The first kappa shape index (κ1) is 11.5. The number of nitrogens with zero attached hydrogens (tertiary/aromatic N) is 2. The predicted octanol–water partition coefficient (Wildman–Crippen LogP) is 0.860. The first-order valence-electron chi connectivity index (χ1n) is 6.46. The van der Waals surface area contributed by atoms with Gasteiger partial charge >= 0.3 is 0 Å². The predicted molar refractivity (Wildman–Crippen MR) is 70.7 cm³/mol. The maximum Gasteiger partial charge on any atom is 0.253 e. The second-order valence-electron chi connectivity index (χ2n) is 4.94. The maximum absolute atomic E-state index is 12.1. The number of rotatable bonds is 2. The Hall–Kier alpha value is -1.62. The number of aryl methyl sites for hydroxylation is 2. The minimum absolute atomic E-state index is 0.0659. The van der Waals surface area contributed by atoms with Crippen molar-refractivity contribution >= 4 is 11.0 Å². The van der Waals surface area contributed by atoms with Crippen molar-refractivity contribution in [3.8, 4) is 0 Å². The van der Waals surface area contributed by atoms with Gasteiger partial charge in [-0.2, -0.15) is 5.10 Å². The number of nitrogens with one attached hydrogen (secondary N) is 2. The third-order valence-electron chi connectivity index (χ3n) is 3.74. The van der Waals surface area contributed by atoms with Crippen LogP contribution in [0.3, 0.4) is 0 Å². The molecule has 2 aromatic rings. The summed E-state index contributed by atoms with van der Waals surface area (Å²) in [7, 11) is 3.80. The molecular formula is C13H18N4O. The molecule has 0 amide bonds. The van der Waals surface area contributed by atoms with Crippen LogP contribution in [0, 0.1) is 0 Å². The zero-order valence-corrected chi connectivity index (χ0v) is 10.8. The summed E-state index contributed by atoms with van der Waals surface area (Å²) in [5.74, 6) is 0. The Balaban J connectivity index is 2.37. The summed E-state index contributed by atoms with van der Waals surface area (Å²) in [4.78, 5) is 15.1. The van der Waals surface area contributed by atoms with Gasteiger partial charge in [-0.25, -0.2) is 0 Å². The van der Waals surface area contributed by atoms with E-state index in [2.05, 4.69) is 15.4 Å². The summed E-state index contributed by atoms with van der Waals surface area (Å²) in [6.07, 6.45) is 4.18. The molecule has 0 radical (unpaired) electrons. The quantitative estimate of drug-likeness (QED) is 0.826. The standard InChI is InChI=1S/C13H18N4O/c1-14-7-10-11-8-5-3-4-6-9(8)13(18)15-12(11)17(2)16-10/h14H,3-7H2,1-2H3,(H,15,18). The van der Waals surface area contributed by atoms with E-state index in [0.717, 1.165) is 48.1 Å². The molecule has 1 aliphatic carbocycles. The molecule has 3 rings (SSSR count). The van der Waals surface area contributed by atoms with Crippen LogP contribution in [0.2, 0.25) is 0 Å². The van der Waals surface area contributed by atoms with Gasteiger partial charge in [0.2, 0.25) is 0 Å². The van der Waals surface area contributed by atoms with Crippen molar-refractivity contribution in [3.05, 3.63) is 27.2 Å². The Bertz CT molecular complexity index is 653. The minimum atomic E-state index is 0.0659. The average molecular weight is 246 g/mol. The molecule has 0 atom stereocenters. The van der Waals surface area contributed by atoms with Crippen molar-refractivity contribution in [2.45, 2.75) is 32.2 Å². The van der Waals surface area contributed by atoms with Gasteiger partial charge in [0.25, 0.3) is 5.56 Å². The molecule has 0 fully saturated rings. The number of hydrogen-bond acceptors (Lipinski definition) is 3. The zero-order chi connectivity index (χ0) is 12.7. The molecule has 2 heterocycles. The lowest BCUT2D eigenvalue weighted by atomic mass is 9.90. The van der Waals surface area contributed by atoms with E-state index in [1.54, 1.807) is 4.68 Å². The van der Waals surface area contributed by atoms with Crippen molar-refractivity contribution < 1.29 is 0 Å². The summed E-state index contributed by atoms with van der Waals surface area (Å²) < 4.78 is 1.78. The van der Waals surface area contributed by atoms with E-state index in [4.69, 9.17) is 0 Å². The van der Waals surface area contributed by atoms with Crippen LogP contribution >= 0.6 is 0 Å². The van der Waals surface area contributed by atoms with Crippen molar-refractivity contribution in [2.24, 2.45) is 7.05 Å². The molecule has 5 heteroatoms. The smallest absolute Gasteiger partial charge is 0.253 e. The fourth-order valence-electron chi connectivity index (χ4n) is 2.95. The molecule has 0 saturated carbocycles. The Morgan fingerprint density at radius 2 is 2.06 bits per heavy atom. The largest absolute Gasteiger partial charge is 0.314 e. The number of H-pyrrole nitrogens is 1. The Morgan fingerprint density at radius 3 is 2.78 bits per heavy atom. The molecule has 2 N–H and O–H groups in total. The van der Waals surface area contributed by atoms with Gasteiger partial charge in [-0.1, -0.05) is 0 Å². The van der Waals surface area contributed by atoms with Crippen molar-refractivity contribution in [2.75, 3.05) is 7.05 Å². The van der Waals surface area contributed by atoms with Crippen molar-refractivity contribution in [1.29, 1.82) is 0 Å². The highest BCUT2D eigenvalue weighted by atomic mass is 16.1. The van der Waals surface area contributed by atoms with Crippen LogP contribution in [-0.2, 0) is 26.4 Å². The lowest BCUT2D eigenvalue weighted by Crippen LogP contribution is -2.20. The highest BCUT2D eigenvalue weighted by molar-refractivity contribution is 5.83. The zero-order valence-electron chi connectivity index (χ0n) is 10.8. The number of fused-ring (bicyclic) bond motifs is 3. The van der Waals surface area contributed by atoms with Crippen LogP contribution in [0.1, 0.15) is 29.7 Å². The highest BCUT2D eigenvalue weighted by Crippen LogP contribution is 2.27. The second-order valence-corrected chi connectivity index (χ2v) is 4.94. The van der Waals surface area contributed by atoms with Gasteiger partial charge in [0, 0.05) is 24.5 Å². The maximum atomic E-state index is 12.1. The van der Waals surface area contributed by atoms with E-state index in [0.29, 0.717) is 0 Å². The third kappa shape index (κ3) is 1.58. The normalized spacial score (nSPS) is 15.0. The minimum Gasteiger partial charge on any atom is -0.314 e. The summed E-state index contributed by atoms with van der Waals surface area (Å²) in [6.45, 7) is 0.732. The molecule has 0 saturated heterocycles. The van der Waals surface area contributed by atoms with Crippen LogP contribution in [-0.4, -0.2) is 21.8 Å². The number of pyridine rings is 1. The summed E-state index contributed by atoms with van der Waals surface area (Å²) in [5, 5.41) is 8.81. The Kier molecular flexibility index (Phi) is 2.70. The lowest BCUT2D eigenvalue weighted by Gasteiger charge is -2.15. The van der Waals surface area contributed by atoms with Crippen LogP contribution in [0.4, 0.5) is 0 Å². The van der Waals surface area contributed by atoms with Gasteiger partial charge in [0.15, 0.2) is 0 Å². The third-order valence-corrected chi connectivity index (χ3v) is 3.74. The van der Waals surface area contributed by atoms with Gasteiger partial charge in [-0.15, -0.1) is 0 Å². The van der Waals surface area contributed by atoms with Crippen molar-refractivity contribution in [3.63, 3.8) is 0 Å². The molecule has 0 spiro atoms. The van der Waals surface area contributed by atoms with E-state index >= 15 is 0 Å². The van der Waals surface area contributed by atoms with E-state index in [1.807, 2.05) is 14.1 Å². The van der Waals surface area contributed by atoms with Crippen LogP contribution in [0.25, 0.3) is 11.0 Å². The molecule has 2 aromatic heterocycles. The SMILES string of the molecule is CNCc1nn(C)c2[nH]c(=O)c3c(c12)CCCC3. The topological polar surface area (TPSA) is 62.7 Å². The second kappa shape index (κ2) is 4.24. The fourth-order valence-corrected chi connectivity index (χ4v) is 2.95. The van der Waals surface area contributed by atoms with Crippen molar-refractivity contribution in [1.82, 2.24) is 20.1 Å². The van der Waals surface area contributed by atoms with Gasteiger partial charge in [-0.05, 0) is 38.3 Å². The highest BCUT2D eigenvalue weighted by Gasteiger charge is 2.21. The summed E-state index contributed by atoms with van der Waals surface area (Å²) in [6, 6.07) is 0. The first-order valence-corrected chi connectivity index (χ1v) is 6.46. The molecule has 18 heavy (non-hydrogen) atoms. The van der Waals surface area contributed by atoms with Crippen LogP contribution in [0.15, 0.2) is 4.79 Å². The molecule has 0 aromatic carbocycles. The molecule has 0 bridgehead atoms. The Morgan fingerprint density at radius 1 is 1.33 bits per heavy atom. The monoisotopic (exact) mass is 246 g/mol. The van der Waals surface area contributed by atoms with E-state index in [9.17, 15) is 4.79 Å². The van der Waals surface area contributed by atoms with Crippen LogP contribution in [0.5, 0.6) is 0 Å². The molecule has 5 nitrogen and oxygen atoms in total. The average Bonchev–Trinajstić information content (AvgIpc) is 2.67. The summed E-state index contributed by atoms with van der Waals surface area (Å²) >= 11 is 0. The first-order chi connectivity index (χ1) is 8.72. The van der Waals surface area contributed by atoms with Gasteiger partial charge < -0.3 is 10.3 Å². The lowest BCUT2D eigenvalue weighted by molar-refractivity contribution is 0.681. The van der Waals surface area contributed by atoms with E-state index in [-0.39, 0.29) is 5.56 Å². The molecule has 0 aliphatic heterocycles. The molecular weight excluding hydrogens is 228 g/mol. The van der Waals surface area contributed by atoms with Crippen LogP contribution < -0.4 is 10.9 Å². The molecule has 1 aliphatic rings. The van der Waals surface area contributed by atoms with E-state index in [1.165, 1.54) is 12.0 Å². The van der Waals surface area contributed by atoms with Gasteiger partial charge in [-0.3, -0.25) is 9.48 Å². The summed E-state index contributed by atoms with van der Waals surface area (Å²) in [5.41, 5.74) is 4.14. The molecule has 96 valence electrons. The fraction of sp³-hybridized carbons (Fsp3) is 0.538. The van der Waals surface area contributed by atoms with Gasteiger partial charge in [0.05, 0.1) is 5.69 Å². The van der Waals surface area contributed by atoms with Gasteiger partial charge in [0.1, 0.15) is 5.65 Å². The number of aromatic nitrogens is 3. The van der Waals surface area contributed by atoms with E-state index < -0.39 is 0 Å². The molecule has 0 unspecified atom stereocenters. The number of aromatic amines is 1.